The van der Waals surface area contributed by atoms with Gasteiger partial charge in [-0.25, -0.2) is 4.39 Å². The number of thiophene rings is 1. The molecule has 41 heavy (non-hydrogen) atoms. The Morgan fingerprint density at radius 2 is 1.66 bits per heavy atom. The van der Waals surface area contributed by atoms with Gasteiger partial charge in [0, 0.05) is 38.7 Å². The van der Waals surface area contributed by atoms with Crippen LogP contribution in [0.25, 0.3) is 0 Å². The van der Waals surface area contributed by atoms with Crippen LogP contribution in [0.1, 0.15) is 60.3 Å². The number of halogens is 1. The fraction of sp³-hybridized carbons (Fsp3) is 0.333. The van der Waals surface area contributed by atoms with E-state index in [-0.39, 0.29) is 17.7 Å². The molecule has 1 fully saturated rings. The van der Waals surface area contributed by atoms with Crippen molar-refractivity contribution >= 4 is 57.0 Å². The summed E-state index contributed by atoms with van der Waals surface area (Å²) in [5.74, 6) is -3.12. The van der Waals surface area contributed by atoms with Crippen LogP contribution in [0.15, 0.2) is 66.0 Å². The van der Waals surface area contributed by atoms with Crippen molar-refractivity contribution in [1.29, 1.82) is 0 Å². The van der Waals surface area contributed by atoms with Crippen molar-refractivity contribution in [2.24, 2.45) is 0 Å². The van der Waals surface area contributed by atoms with Crippen molar-refractivity contribution in [3.63, 3.8) is 0 Å². The number of carbonyl (C=O) groups is 4. The van der Waals surface area contributed by atoms with Gasteiger partial charge in [0.25, 0.3) is 0 Å². The van der Waals surface area contributed by atoms with Crippen molar-refractivity contribution in [2.45, 2.75) is 51.1 Å². The Bertz CT molecular complexity index is 1390. The van der Waals surface area contributed by atoms with E-state index in [1.54, 1.807) is 36.4 Å². The monoisotopic (exact) mass is 597 g/mol. The minimum Gasteiger partial charge on any atom is -0.351 e. The second-order valence-electron chi connectivity index (χ2n) is 9.91. The van der Waals surface area contributed by atoms with Crippen molar-refractivity contribution in [3.8, 4) is 0 Å². The fourth-order valence-electron chi connectivity index (χ4n) is 4.78. The Morgan fingerprint density at radius 3 is 2.27 bits per heavy atom. The third kappa shape index (κ3) is 8.40. The van der Waals surface area contributed by atoms with Crippen LogP contribution in [0.5, 0.6) is 0 Å². The second kappa shape index (κ2) is 14.3. The molecule has 0 radical (unpaired) electrons. The molecule has 1 heterocycles. The number of carbonyl (C=O) groups excluding carboxylic acids is 4. The van der Waals surface area contributed by atoms with Crippen LogP contribution in [0.4, 0.5) is 15.8 Å². The maximum atomic E-state index is 13.8. The van der Waals surface area contributed by atoms with Gasteiger partial charge >= 0.3 is 0 Å². The number of anilines is 2. The first kappa shape index (κ1) is 30.3. The molecule has 0 bridgehead atoms. The van der Waals surface area contributed by atoms with Gasteiger partial charge in [-0.05, 0) is 79.7 Å². The summed E-state index contributed by atoms with van der Waals surface area (Å²) in [5, 5.41) is 7.47. The zero-order valence-corrected chi connectivity index (χ0v) is 24.3. The molecule has 3 amide bonds. The number of Topliss-reactive ketones (excluding diaryl/α,β-unsaturated/α-hetero) is 1. The Kier molecular flexibility index (Phi) is 10.5. The largest absolute Gasteiger partial charge is 0.351 e. The molecule has 2 atom stereocenters. The zero-order valence-electron chi connectivity index (χ0n) is 22.6. The van der Waals surface area contributed by atoms with Gasteiger partial charge in [-0.3, -0.25) is 28.3 Å². The summed E-state index contributed by atoms with van der Waals surface area (Å²) < 4.78 is 26.1. The van der Waals surface area contributed by atoms with E-state index in [1.807, 2.05) is 5.38 Å². The van der Waals surface area contributed by atoms with Gasteiger partial charge in [0.05, 0.1) is 0 Å². The maximum absolute atomic E-state index is 13.8. The van der Waals surface area contributed by atoms with Gasteiger partial charge in [0.2, 0.25) is 17.7 Å². The predicted octanol–water partition coefficient (Wildman–Crippen LogP) is 5.00. The lowest BCUT2D eigenvalue weighted by atomic mass is 9.95. The lowest BCUT2D eigenvalue weighted by molar-refractivity contribution is -0.126. The van der Waals surface area contributed by atoms with Crippen LogP contribution in [0.3, 0.4) is 0 Å². The lowest BCUT2D eigenvalue weighted by Gasteiger charge is -2.32. The van der Waals surface area contributed by atoms with E-state index in [4.69, 9.17) is 0 Å². The highest BCUT2D eigenvalue weighted by Crippen LogP contribution is 2.32. The summed E-state index contributed by atoms with van der Waals surface area (Å²) in [4.78, 5) is 53.8. The fourth-order valence-corrected chi connectivity index (χ4v) is 6.47. The predicted molar refractivity (Wildman–Crippen MR) is 159 cm³/mol. The molecule has 11 heteroatoms. The van der Waals surface area contributed by atoms with Gasteiger partial charge in [-0.1, -0.05) is 25.3 Å². The summed E-state index contributed by atoms with van der Waals surface area (Å²) in [6, 6.07) is 14.0. The van der Waals surface area contributed by atoms with Gasteiger partial charge in [0.15, 0.2) is 5.78 Å². The lowest BCUT2D eigenvalue weighted by Crippen LogP contribution is -2.48. The van der Waals surface area contributed by atoms with E-state index in [0.717, 1.165) is 32.1 Å². The first-order valence-electron chi connectivity index (χ1n) is 13.4. The standard InChI is InChI=1S/C30H32FN3O5S2/c1-20(35)21-9-15-25(16-10-21)34(28(37)19-41(39)18-27(36)32-24-13-11-22(31)12-14-24)29(26-8-5-17-40-26)30(38)33-23-6-3-2-4-7-23/h5,8-17,23,29H,2-4,6-7,18-19H2,1H3,(H,32,36)(H,33,38)/t29-,41-/m0/s1. The van der Waals surface area contributed by atoms with E-state index in [1.165, 1.54) is 47.4 Å². The Balaban J connectivity index is 1.58. The number of ketones is 1. The quantitative estimate of drug-likeness (QED) is 0.302. The molecule has 8 nitrogen and oxygen atoms in total. The smallest absolute Gasteiger partial charge is 0.248 e. The molecule has 0 spiro atoms. The van der Waals surface area contributed by atoms with E-state index < -0.39 is 46.0 Å². The van der Waals surface area contributed by atoms with E-state index in [0.29, 0.717) is 21.8 Å². The number of hydrogen-bond donors (Lipinski definition) is 2. The SMILES string of the molecule is CC(=O)c1ccc(N(C(=O)C[S@@](=O)CC(=O)Nc2ccc(F)cc2)[C@H](C(=O)NC2CCCCC2)c2cccs2)cc1. The van der Waals surface area contributed by atoms with Gasteiger partial charge in [-0.2, -0.15) is 0 Å². The molecule has 3 aromatic rings. The third-order valence-corrected chi connectivity index (χ3v) is 8.87. The Labute approximate surface area is 244 Å². The first-order chi connectivity index (χ1) is 19.7. The normalized spacial score (nSPS) is 15.0. The maximum Gasteiger partial charge on any atom is 0.248 e. The molecular formula is C30H32FN3O5S2. The topological polar surface area (TPSA) is 113 Å². The average Bonchev–Trinajstić information content (AvgIpc) is 3.47. The van der Waals surface area contributed by atoms with Crippen molar-refractivity contribution in [1.82, 2.24) is 5.32 Å². The molecule has 1 aromatic heterocycles. The third-order valence-electron chi connectivity index (χ3n) is 6.80. The number of nitrogens with zero attached hydrogens (tertiary/aromatic N) is 1. The summed E-state index contributed by atoms with van der Waals surface area (Å²) >= 11 is 1.33. The van der Waals surface area contributed by atoms with Gasteiger partial charge in [-0.15, -0.1) is 11.3 Å². The van der Waals surface area contributed by atoms with Crippen LogP contribution >= 0.6 is 11.3 Å². The highest BCUT2D eigenvalue weighted by Gasteiger charge is 2.35. The van der Waals surface area contributed by atoms with Crippen LogP contribution in [0.2, 0.25) is 0 Å². The molecule has 216 valence electrons. The number of hydrogen-bond acceptors (Lipinski definition) is 6. The molecular weight excluding hydrogens is 565 g/mol. The van der Waals surface area contributed by atoms with Gasteiger partial charge < -0.3 is 10.6 Å². The van der Waals surface area contributed by atoms with Crippen LogP contribution in [0, 0.1) is 5.82 Å². The zero-order chi connectivity index (χ0) is 29.4. The molecule has 0 saturated heterocycles. The van der Waals surface area contributed by atoms with Crippen LogP contribution in [-0.4, -0.2) is 45.3 Å². The number of rotatable bonds is 11. The molecule has 1 aliphatic carbocycles. The minimum absolute atomic E-state index is 0.0000394. The number of amides is 3. The second-order valence-corrected chi connectivity index (χ2v) is 12.3. The molecule has 0 unspecified atom stereocenters. The highest BCUT2D eigenvalue weighted by molar-refractivity contribution is 7.86. The summed E-state index contributed by atoms with van der Waals surface area (Å²) in [6.07, 6.45) is 4.87. The molecule has 2 aromatic carbocycles. The van der Waals surface area contributed by atoms with Gasteiger partial charge in [0.1, 0.15) is 23.4 Å². The highest BCUT2D eigenvalue weighted by atomic mass is 32.2. The molecule has 1 aliphatic rings. The number of nitrogens with one attached hydrogen (secondary N) is 2. The molecule has 0 aliphatic heterocycles. The van der Waals surface area contributed by atoms with Crippen LogP contribution < -0.4 is 15.5 Å². The molecule has 2 N–H and O–H groups in total. The van der Waals surface area contributed by atoms with Crippen molar-refractivity contribution < 1.29 is 27.8 Å². The molecule has 4 rings (SSSR count). The summed E-state index contributed by atoms with van der Waals surface area (Å²) in [6.45, 7) is 1.43. The Hall–Kier alpha value is -3.70. The van der Waals surface area contributed by atoms with E-state index >= 15 is 0 Å². The van der Waals surface area contributed by atoms with E-state index in [9.17, 15) is 27.8 Å². The van der Waals surface area contributed by atoms with E-state index in [2.05, 4.69) is 10.6 Å². The average molecular weight is 598 g/mol. The van der Waals surface area contributed by atoms with Crippen molar-refractivity contribution in [3.05, 3.63) is 82.3 Å². The van der Waals surface area contributed by atoms with Crippen molar-refractivity contribution in [2.75, 3.05) is 21.7 Å². The molecule has 1 saturated carbocycles. The first-order valence-corrected chi connectivity index (χ1v) is 15.8. The Morgan fingerprint density at radius 1 is 0.976 bits per heavy atom. The summed E-state index contributed by atoms with van der Waals surface area (Å²) in [5.41, 5.74) is 1.15. The minimum atomic E-state index is -1.91. The number of benzene rings is 2. The van der Waals surface area contributed by atoms with Crippen LogP contribution in [-0.2, 0) is 25.2 Å². The summed E-state index contributed by atoms with van der Waals surface area (Å²) in [7, 11) is -1.91.